The minimum Gasteiger partial charge on any atom is -0.481 e. The smallest absolute Gasteiger partial charge is 0.308 e. The van der Waals surface area contributed by atoms with Gasteiger partial charge in [0.05, 0.1) is 6.42 Å². The van der Waals surface area contributed by atoms with Crippen LogP contribution in [0.5, 0.6) is 0 Å². The lowest BCUT2D eigenvalue weighted by molar-refractivity contribution is -0.139. The highest BCUT2D eigenvalue weighted by Crippen LogP contribution is 2.16. The summed E-state index contributed by atoms with van der Waals surface area (Å²) in [5.74, 6) is -1.26. The number of aliphatic carboxylic acids is 1. The van der Waals surface area contributed by atoms with Crippen LogP contribution in [0.1, 0.15) is 47.0 Å². The molecule has 2 atom stereocenters. The second-order valence-electron chi connectivity index (χ2n) is 4.40. The Balaban J connectivity index is 4.86. The molecule has 0 radical (unpaired) electrons. The molecule has 1 N–H and O–H groups in total. The first-order valence-electron chi connectivity index (χ1n) is 6.07. The monoisotopic (exact) mass is 241 g/mol. The summed E-state index contributed by atoms with van der Waals surface area (Å²) in [6.45, 7) is 11.5. The zero-order chi connectivity index (χ0) is 13.6. The summed E-state index contributed by atoms with van der Waals surface area (Å²) in [7, 11) is 0. The van der Waals surface area contributed by atoms with E-state index in [0.717, 1.165) is 12.8 Å². The number of rotatable bonds is 7. The third-order valence-electron chi connectivity index (χ3n) is 3.03. The molecule has 0 aromatic carbocycles. The number of hydrogen-bond acceptors (Lipinski definition) is 2. The van der Waals surface area contributed by atoms with E-state index in [1.54, 1.807) is 4.90 Å². The summed E-state index contributed by atoms with van der Waals surface area (Å²) in [6, 6.07) is 0.200. The molecule has 17 heavy (non-hydrogen) atoms. The maximum Gasteiger partial charge on any atom is 0.308 e. The van der Waals surface area contributed by atoms with Crippen molar-refractivity contribution in [3.05, 3.63) is 12.2 Å². The second-order valence-corrected chi connectivity index (χ2v) is 4.40. The predicted molar refractivity (Wildman–Crippen MR) is 67.7 cm³/mol. The molecule has 0 aromatic rings. The number of nitrogens with zero attached hydrogens (tertiary/aromatic N) is 1. The van der Waals surface area contributed by atoms with Crippen LogP contribution in [0.25, 0.3) is 0 Å². The number of carbonyl (C=O) groups is 2. The van der Waals surface area contributed by atoms with Crippen molar-refractivity contribution < 1.29 is 14.7 Å². The molecule has 4 heteroatoms. The molecule has 4 nitrogen and oxygen atoms in total. The molecule has 1 amide bonds. The Kier molecular flexibility index (Phi) is 6.54. The van der Waals surface area contributed by atoms with Crippen molar-refractivity contribution in [3.8, 4) is 0 Å². The van der Waals surface area contributed by atoms with Gasteiger partial charge in [0, 0.05) is 17.7 Å². The van der Waals surface area contributed by atoms with Crippen LogP contribution in [0.2, 0.25) is 0 Å². The largest absolute Gasteiger partial charge is 0.481 e. The maximum absolute atomic E-state index is 12.1. The molecule has 0 saturated carbocycles. The van der Waals surface area contributed by atoms with E-state index >= 15 is 0 Å². The summed E-state index contributed by atoms with van der Waals surface area (Å²) < 4.78 is 0. The highest BCUT2D eigenvalue weighted by atomic mass is 16.4. The Bertz CT molecular complexity index is 289. The Labute approximate surface area is 103 Å². The molecule has 0 saturated heterocycles. The quantitative estimate of drug-likeness (QED) is 0.696. The second kappa shape index (κ2) is 7.09. The van der Waals surface area contributed by atoms with Gasteiger partial charge in [-0.25, -0.2) is 0 Å². The summed E-state index contributed by atoms with van der Waals surface area (Å²) in [6.07, 6.45) is 1.40. The normalized spacial score (nSPS) is 13.9. The molecule has 0 aliphatic heterocycles. The average molecular weight is 241 g/mol. The number of hydrogen-bond donors (Lipinski definition) is 1. The van der Waals surface area contributed by atoms with E-state index in [4.69, 9.17) is 5.11 Å². The molecular formula is C13H23NO3. The van der Waals surface area contributed by atoms with Crippen LogP contribution in [-0.2, 0) is 9.59 Å². The van der Waals surface area contributed by atoms with Gasteiger partial charge in [0.1, 0.15) is 0 Å². The van der Waals surface area contributed by atoms with Crippen molar-refractivity contribution in [2.45, 2.75) is 59.0 Å². The molecule has 0 heterocycles. The summed E-state index contributed by atoms with van der Waals surface area (Å²) in [5.41, 5.74) is 0.151. The maximum atomic E-state index is 12.1. The molecule has 0 bridgehead atoms. The van der Waals surface area contributed by atoms with E-state index in [1.165, 1.54) is 0 Å². The third kappa shape index (κ3) is 4.59. The summed E-state index contributed by atoms with van der Waals surface area (Å²) >= 11 is 0. The molecule has 2 unspecified atom stereocenters. The molecule has 0 rings (SSSR count). The van der Waals surface area contributed by atoms with E-state index in [9.17, 15) is 9.59 Å². The van der Waals surface area contributed by atoms with Gasteiger partial charge >= 0.3 is 5.97 Å². The van der Waals surface area contributed by atoms with Gasteiger partial charge in [-0.05, 0) is 26.7 Å². The number of carboxylic acid groups (broad SMARTS) is 1. The molecular weight excluding hydrogens is 218 g/mol. The lowest BCUT2D eigenvalue weighted by Crippen LogP contribution is -2.45. The Hall–Kier alpha value is -1.32. The average Bonchev–Trinajstić information content (AvgIpc) is 2.27. The van der Waals surface area contributed by atoms with Gasteiger partial charge in [0.2, 0.25) is 5.91 Å². The van der Waals surface area contributed by atoms with E-state index in [-0.39, 0.29) is 30.0 Å². The number of amides is 1. The van der Waals surface area contributed by atoms with Crippen LogP contribution in [0, 0.1) is 0 Å². The molecule has 98 valence electrons. The minimum absolute atomic E-state index is 0.1000. The van der Waals surface area contributed by atoms with Gasteiger partial charge in [0.15, 0.2) is 0 Å². The zero-order valence-electron chi connectivity index (χ0n) is 11.2. The number of carboxylic acids is 1. The van der Waals surface area contributed by atoms with Crippen molar-refractivity contribution in [1.29, 1.82) is 0 Å². The van der Waals surface area contributed by atoms with Gasteiger partial charge < -0.3 is 10.0 Å². The van der Waals surface area contributed by atoms with Crippen molar-refractivity contribution in [2.24, 2.45) is 0 Å². The SMILES string of the molecule is C=C(CC(=O)O)C(=O)N(C(C)CC)C(C)CC. The van der Waals surface area contributed by atoms with E-state index in [2.05, 4.69) is 6.58 Å². The Morgan fingerprint density at radius 2 is 1.59 bits per heavy atom. The fraction of sp³-hybridized carbons (Fsp3) is 0.692. The van der Waals surface area contributed by atoms with Crippen LogP contribution < -0.4 is 0 Å². The van der Waals surface area contributed by atoms with E-state index < -0.39 is 5.97 Å². The van der Waals surface area contributed by atoms with Crippen LogP contribution in [-0.4, -0.2) is 34.0 Å². The van der Waals surface area contributed by atoms with Crippen LogP contribution >= 0.6 is 0 Å². The molecule has 0 spiro atoms. The first-order chi connectivity index (χ1) is 7.84. The van der Waals surface area contributed by atoms with Gasteiger partial charge in [-0.15, -0.1) is 0 Å². The van der Waals surface area contributed by atoms with Gasteiger partial charge in [0.25, 0.3) is 0 Å². The van der Waals surface area contributed by atoms with Crippen molar-refractivity contribution in [1.82, 2.24) is 4.90 Å². The lowest BCUT2D eigenvalue weighted by Gasteiger charge is -2.34. The lowest BCUT2D eigenvalue weighted by atomic mass is 10.1. The summed E-state index contributed by atoms with van der Waals surface area (Å²) in [4.78, 5) is 24.5. The van der Waals surface area contributed by atoms with Crippen molar-refractivity contribution in [2.75, 3.05) is 0 Å². The highest BCUT2D eigenvalue weighted by Gasteiger charge is 2.25. The minimum atomic E-state index is -1.02. The molecule has 0 fully saturated rings. The fourth-order valence-corrected chi connectivity index (χ4v) is 1.67. The zero-order valence-corrected chi connectivity index (χ0v) is 11.2. The highest BCUT2D eigenvalue weighted by molar-refractivity contribution is 5.97. The topological polar surface area (TPSA) is 57.6 Å². The summed E-state index contributed by atoms with van der Waals surface area (Å²) in [5, 5.41) is 8.67. The van der Waals surface area contributed by atoms with Crippen LogP contribution in [0.15, 0.2) is 12.2 Å². The van der Waals surface area contributed by atoms with E-state index in [1.807, 2.05) is 27.7 Å². The molecule has 0 aliphatic rings. The van der Waals surface area contributed by atoms with Crippen molar-refractivity contribution in [3.63, 3.8) is 0 Å². The standard InChI is InChI=1S/C13H23NO3/c1-6-10(4)14(11(5)7-2)13(17)9(3)8-12(15)16/h10-11H,3,6-8H2,1-2,4-5H3,(H,15,16). The first-order valence-corrected chi connectivity index (χ1v) is 6.07. The third-order valence-corrected chi connectivity index (χ3v) is 3.03. The van der Waals surface area contributed by atoms with Crippen molar-refractivity contribution >= 4 is 11.9 Å². The fourth-order valence-electron chi connectivity index (χ4n) is 1.67. The molecule has 0 aliphatic carbocycles. The van der Waals surface area contributed by atoms with E-state index in [0.29, 0.717) is 0 Å². The Morgan fingerprint density at radius 1 is 1.18 bits per heavy atom. The van der Waals surface area contributed by atoms with Gasteiger partial charge in [-0.2, -0.15) is 0 Å². The predicted octanol–water partition coefficient (Wildman–Crippen LogP) is 2.44. The van der Waals surface area contributed by atoms with Gasteiger partial charge in [-0.1, -0.05) is 20.4 Å². The number of carbonyl (C=O) groups excluding carboxylic acids is 1. The van der Waals surface area contributed by atoms with Crippen LogP contribution in [0.4, 0.5) is 0 Å². The molecule has 0 aromatic heterocycles. The van der Waals surface area contributed by atoms with Gasteiger partial charge in [-0.3, -0.25) is 9.59 Å². The van der Waals surface area contributed by atoms with Crippen LogP contribution in [0.3, 0.4) is 0 Å². The Morgan fingerprint density at radius 3 is 1.88 bits per heavy atom. The first kappa shape index (κ1) is 15.7.